The number of rotatable bonds is 5. The van der Waals surface area contributed by atoms with Crippen LogP contribution < -0.4 is 15.1 Å². The standard InChI is InChI=1S/C28H19FN2O4S/c1-3-11-34-18-6-4-5-16(13-18)24-23-25(32)19-12-15(2)7-10-21(19)35-26(23)27(33)31(24)28-30-20-9-8-17(29)14-22(20)36-28/h3-10,12-14,24H,1,11H2,2H3/t24-/m1/s1. The molecular weight excluding hydrogens is 479 g/mol. The van der Waals surface area contributed by atoms with Crippen LogP contribution in [0.3, 0.4) is 0 Å². The summed E-state index contributed by atoms with van der Waals surface area (Å²) in [4.78, 5) is 33.6. The highest BCUT2D eigenvalue weighted by Gasteiger charge is 2.45. The Balaban J connectivity index is 1.60. The van der Waals surface area contributed by atoms with Gasteiger partial charge in [0.25, 0.3) is 5.91 Å². The normalized spacial score (nSPS) is 15.0. The first kappa shape index (κ1) is 22.2. The highest BCUT2D eigenvalue weighted by molar-refractivity contribution is 7.22. The van der Waals surface area contributed by atoms with E-state index in [0.29, 0.717) is 44.2 Å². The van der Waals surface area contributed by atoms with Crippen molar-refractivity contribution >= 4 is 43.6 Å². The molecule has 0 bridgehead atoms. The molecule has 1 aliphatic rings. The van der Waals surface area contributed by atoms with Crippen molar-refractivity contribution in [2.24, 2.45) is 0 Å². The van der Waals surface area contributed by atoms with Gasteiger partial charge >= 0.3 is 0 Å². The molecule has 6 nitrogen and oxygen atoms in total. The molecule has 5 aromatic rings. The van der Waals surface area contributed by atoms with E-state index >= 15 is 0 Å². The molecule has 2 aromatic heterocycles. The topological polar surface area (TPSA) is 72.6 Å². The molecule has 1 aliphatic heterocycles. The molecule has 3 heterocycles. The third-order valence-corrected chi connectivity index (χ3v) is 7.13. The number of hydrogen-bond donors (Lipinski definition) is 0. The summed E-state index contributed by atoms with van der Waals surface area (Å²) in [6.07, 6.45) is 1.64. The monoisotopic (exact) mass is 498 g/mol. The van der Waals surface area contributed by atoms with E-state index in [9.17, 15) is 14.0 Å². The summed E-state index contributed by atoms with van der Waals surface area (Å²) in [7, 11) is 0. The molecule has 0 aliphatic carbocycles. The quantitative estimate of drug-likeness (QED) is 0.271. The zero-order chi connectivity index (χ0) is 25.0. The average molecular weight is 499 g/mol. The summed E-state index contributed by atoms with van der Waals surface area (Å²) in [5.41, 5.74) is 2.42. The Morgan fingerprint density at radius 1 is 1.17 bits per heavy atom. The number of benzene rings is 3. The molecule has 36 heavy (non-hydrogen) atoms. The molecule has 1 amide bonds. The van der Waals surface area contributed by atoms with Gasteiger partial charge in [-0.15, -0.1) is 0 Å². The second-order valence-electron chi connectivity index (χ2n) is 8.53. The number of aromatic nitrogens is 1. The summed E-state index contributed by atoms with van der Waals surface area (Å²) in [5, 5.41) is 0.743. The summed E-state index contributed by atoms with van der Waals surface area (Å²) >= 11 is 1.18. The minimum Gasteiger partial charge on any atom is -0.490 e. The van der Waals surface area contributed by atoms with Gasteiger partial charge in [0.2, 0.25) is 5.76 Å². The summed E-state index contributed by atoms with van der Waals surface area (Å²) in [6.45, 7) is 5.88. The maximum absolute atomic E-state index is 13.9. The van der Waals surface area contributed by atoms with Crippen molar-refractivity contribution in [1.82, 2.24) is 4.98 Å². The third kappa shape index (κ3) is 3.49. The lowest BCUT2D eigenvalue weighted by Crippen LogP contribution is -2.29. The lowest BCUT2D eigenvalue weighted by molar-refractivity contribution is 0.0971. The number of aryl methyl sites for hydroxylation is 1. The minimum absolute atomic E-state index is 0.0239. The first-order valence-corrected chi connectivity index (χ1v) is 12.1. The number of fused-ring (bicyclic) bond motifs is 3. The lowest BCUT2D eigenvalue weighted by Gasteiger charge is -2.23. The van der Waals surface area contributed by atoms with E-state index in [1.54, 1.807) is 42.5 Å². The number of nitrogens with zero attached hydrogens (tertiary/aromatic N) is 2. The maximum Gasteiger partial charge on any atom is 0.297 e. The first-order valence-electron chi connectivity index (χ1n) is 11.3. The smallest absolute Gasteiger partial charge is 0.297 e. The number of carbonyl (C=O) groups is 1. The van der Waals surface area contributed by atoms with E-state index in [2.05, 4.69) is 11.6 Å². The fourth-order valence-corrected chi connectivity index (χ4v) is 5.54. The molecule has 3 aromatic carbocycles. The van der Waals surface area contributed by atoms with Gasteiger partial charge in [-0.2, -0.15) is 0 Å². The fourth-order valence-electron chi connectivity index (χ4n) is 4.52. The van der Waals surface area contributed by atoms with E-state index in [1.807, 2.05) is 19.1 Å². The molecule has 0 saturated heterocycles. The maximum atomic E-state index is 13.9. The van der Waals surface area contributed by atoms with Gasteiger partial charge in [-0.25, -0.2) is 9.37 Å². The Hall–Kier alpha value is -4.30. The van der Waals surface area contributed by atoms with Crippen molar-refractivity contribution in [3.63, 3.8) is 0 Å². The van der Waals surface area contributed by atoms with Crippen LogP contribution in [0.25, 0.3) is 21.2 Å². The fraction of sp³-hybridized carbons (Fsp3) is 0.107. The van der Waals surface area contributed by atoms with Gasteiger partial charge in [0.05, 0.1) is 27.2 Å². The summed E-state index contributed by atoms with van der Waals surface area (Å²) in [6, 6.07) is 16.0. The zero-order valence-corrected chi connectivity index (χ0v) is 20.0. The number of carbonyl (C=O) groups excluding carboxylic acids is 1. The molecule has 1 atom stereocenters. The van der Waals surface area contributed by atoms with E-state index < -0.39 is 17.8 Å². The van der Waals surface area contributed by atoms with Crippen LogP contribution in [0.15, 0.2) is 82.5 Å². The zero-order valence-electron chi connectivity index (χ0n) is 19.2. The number of halogens is 1. The van der Waals surface area contributed by atoms with Gasteiger partial charge in [-0.1, -0.05) is 47.8 Å². The van der Waals surface area contributed by atoms with Crippen molar-refractivity contribution in [3.8, 4) is 5.75 Å². The molecular formula is C28H19FN2O4S. The largest absolute Gasteiger partial charge is 0.490 e. The third-order valence-electron chi connectivity index (χ3n) is 6.11. The van der Waals surface area contributed by atoms with Crippen molar-refractivity contribution < 1.29 is 18.3 Å². The number of ether oxygens (including phenoxy) is 1. The molecule has 178 valence electrons. The van der Waals surface area contributed by atoms with Crippen LogP contribution in [0.5, 0.6) is 5.75 Å². The number of hydrogen-bond acceptors (Lipinski definition) is 6. The van der Waals surface area contributed by atoms with Gasteiger partial charge in [0, 0.05) is 0 Å². The predicted octanol–water partition coefficient (Wildman–Crippen LogP) is 6.16. The lowest BCUT2D eigenvalue weighted by atomic mass is 9.98. The Labute approximate surface area is 208 Å². The van der Waals surface area contributed by atoms with Gasteiger partial charge in [-0.3, -0.25) is 14.5 Å². The highest BCUT2D eigenvalue weighted by atomic mass is 32.1. The van der Waals surface area contributed by atoms with Crippen LogP contribution in [0.1, 0.15) is 33.3 Å². The van der Waals surface area contributed by atoms with Crippen LogP contribution in [-0.4, -0.2) is 17.5 Å². The van der Waals surface area contributed by atoms with Crippen molar-refractivity contribution in [1.29, 1.82) is 0 Å². The SMILES string of the molecule is C=CCOc1cccc([C@@H]2c3c(oc4ccc(C)cc4c3=O)C(=O)N2c2nc3ccc(F)cc3s2)c1. The van der Waals surface area contributed by atoms with Crippen molar-refractivity contribution in [3.05, 3.63) is 112 Å². The Morgan fingerprint density at radius 2 is 2.03 bits per heavy atom. The summed E-state index contributed by atoms with van der Waals surface area (Å²) < 4.78 is 26.2. The Bertz CT molecular complexity index is 1760. The van der Waals surface area contributed by atoms with Crippen LogP contribution in [0.4, 0.5) is 9.52 Å². The van der Waals surface area contributed by atoms with E-state index in [-0.39, 0.29) is 16.8 Å². The molecule has 0 fully saturated rings. The first-order chi connectivity index (χ1) is 17.4. The van der Waals surface area contributed by atoms with Crippen LogP contribution in [0.2, 0.25) is 0 Å². The van der Waals surface area contributed by atoms with Gasteiger partial charge < -0.3 is 9.15 Å². The van der Waals surface area contributed by atoms with E-state index in [0.717, 1.165) is 5.56 Å². The number of thiazole rings is 1. The Kier molecular flexibility index (Phi) is 5.19. The minimum atomic E-state index is -0.800. The number of anilines is 1. The number of amides is 1. The van der Waals surface area contributed by atoms with Crippen LogP contribution in [-0.2, 0) is 0 Å². The van der Waals surface area contributed by atoms with Crippen LogP contribution in [0, 0.1) is 12.7 Å². The second kappa shape index (κ2) is 8.42. The molecule has 0 unspecified atom stereocenters. The molecule has 0 radical (unpaired) electrons. The molecule has 8 heteroatoms. The second-order valence-corrected chi connectivity index (χ2v) is 9.54. The highest BCUT2D eigenvalue weighted by Crippen LogP contribution is 2.44. The van der Waals surface area contributed by atoms with Crippen molar-refractivity contribution in [2.75, 3.05) is 11.5 Å². The Morgan fingerprint density at radius 3 is 2.86 bits per heavy atom. The van der Waals surface area contributed by atoms with Crippen LogP contribution >= 0.6 is 11.3 Å². The van der Waals surface area contributed by atoms with Crippen molar-refractivity contribution in [2.45, 2.75) is 13.0 Å². The molecule has 0 spiro atoms. The molecule has 0 N–H and O–H groups in total. The van der Waals surface area contributed by atoms with Gasteiger partial charge in [0.15, 0.2) is 10.6 Å². The average Bonchev–Trinajstić information content (AvgIpc) is 3.41. The van der Waals surface area contributed by atoms with Gasteiger partial charge in [-0.05, 0) is 55.0 Å². The summed E-state index contributed by atoms with van der Waals surface area (Å²) in [5.74, 6) is -0.327. The van der Waals surface area contributed by atoms with E-state index in [1.165, 1.54) is 28.4 Å². The van der Waals surface area contributed by atoms with Gasteiger partial charge in [0.1, 0.15) is 23.8 Å². The molecule has 6 rings (SSSR count). The molecule has 0 saturated carbocycles. The van der Waals surface area contributed by atoms with E-state index in [4.69, 9.17) is 9.15 Å². The predicted molar refractivity (Wildman–Crippen MR) is 138 cm³/mol.